The van der Waals surface area contributed by atoms with E-state index in [1.807, 2.05) is 0 Å². The monoisotopic (exact) mass is 209 g/mol. The normalized spacial score (nSPS) is 15.8. The molecule has 1 aromatic heterocycles. The van der Waals surface area contributed by atoms with E-state index in [4.69, 9.17) is 4.74 Å². The summed E-state index contributed by atoms with van der Waals surface area (Å²) in [5.74, 6) is 1.03. The van der Waals surface area contributed by atoms with Crippen molar-refractivity contribution in [2.24, 2.45) is 0 Å². The molecule has 0 atom stereocenters. The number of rotatable bonds is 4. The zero-order chi connectivity index (χ0) is 10.5. The summed E-state index contributed by atoms with van der Waals surface area (Å²) < 4.78 is 5.01. The third-order valence-electron chi connectivity index (χ3n) is 2.90. The van der Waals surface area contributed by atoms with Crippen molar-refractivity contribution in [3.63, 3.8) is 0 Å². The fourth-order valence-electron chi connectivity index (χ4n) is 2.08. The molecule has 84 valence electrons. The van der Waals surface area contributed by atoms with Crippen molar-refractivity contribution in [3.05, 3.63) is 11.3 Å². The van der Waals surface area contributed by atoms with Crippen molar-refractivity contribution in [1.29, 1.82) is 0 Å². The molecule has 4 heteroatoms. The lowest BCUT2D eigenvalue weighted by Gasteiger charge is -2.04. The number of methoxy groups -OCH3 is 1. The van der Waals surface area contributed by atoms with Crippen LogP contribution in [0.2, 0.25) is 0 Å². The van der Waals surface area contributed by atoms with E-state index in [0.717, 1.165) is 31.8 Å². The zero-order valence-electron chi connectivity index (χ0n) is 9.31. The smallest absolute Gasteiger partial charge is 0.151 e. The van der Waals surface area contributed by atoms with Crippen LogP contribution in [0.1, 0.15) is 30.5 Å². The Morgan fingerprint density at radius 2 is 2.20 bits per heavy atom. The molecule has 15 heavy (non-hydrogen) atoms. The molecule has 1 aromatic rings. The number of ether oxygens (including phenoxy) is 1. The molecule has 0 aromatic carbocycles. The van der Waals surface area contributed by atoms with Gasteiger partial charge in [0.25, 0.3) is 0 Å². The number of anilines is 1. The summed E-state index contributed by atoms with van der Waals surface area (Å²) in [6.45, 7) is 1.55. The van der Waals surface area contributed by atoms with Crippen LogP contribution in [0.3, 0.4) is 0 Å². The number of H-pyrrole nitrogens is 1. The molecule has 0 amide bonds. The Balaban J connectivity index is 2.01. The van der Waals surface area contributed by atoms with Gasteiger partial charge in [0.05, 0.1) is 6.61 Å². The molecule has 0 saturated heterocycles. The highest BCUT2D eigenvalue weighted by molar-refractivity contribution is 5.47. The maximum Gasteiger partial charge on any atom is 0.151 e. The molecule has 1 aliphatic rings. The van der Waals surface area contributed by atoms with E-state index in [9.17, 15) is 0 Å². The minimum atomic E-state index is 0.724. The summed E-state index contributed by atoms with van der Waals surface area (Å²) in [5.41, 5.74) is 2.72. The number of nitrogens with one attached hydrogen (secondary N) is 2. The van der Waals surface area contributed by atoms with Gasteiger partial charge in [0.2, 0.25) is 0 Å². The standard InChI is InChI=1S/C11H19N3O/c1-15-8-7-12-11-9-5-3-2-4-6-10(9)13-14-11/h2-8H2,1H3,(H2,12,13,14). The molecule has 0 fully saturated rings. The van der Waals surface area contributed by atoms with Gasteiger partial charge < -0.3 is 10.1 Å². The van der Waals surface area contributed by atoms with Gasteiger partial charge in [-0.15, -0.1) is 0 Å². The lowest BCUT2D eigenvalue weighted by molar-refractivity contribution is 0.210. The van der Waals surface area contributed by atoms with E-state index in [2.05, 4.69) is 15.5 Å². The van der Waals surface area contributed by atoms with E-state index in [-0.39, 0.29) is 0 Å². The third-order valence-corrected chi connectivity index (χ3v) is 2.90. The molecule has 0 aliphatic heterocycles. The molecule has 0 unspecified atom stereocenters. The Labute approximate surface area is 90.4 Å². The van der Waals surface area contributed by atoms with E-state index in [1.54, 1.807) is 7.11 Å². The first-order valence-corrected chi connectivity index (χ1v) is 5.70. The Morgan fingerprint density at radius 1 is 1.33 bits per heavy atom. The first-order chi connectivity index (χ1) is 7.42. The molecular formula is C11H19N3O. The lowest BCUT2D eigenvalue weighted by atomic mass is 10.1. The van der Waals surface area contributed by atoms with Crippen LogP contribution in [0.5, 0.6) is 0 Å². The van der Waals surface area contributed by atoms with E-state index in [0.29, 0.717) is 0 Å². The Kier molecular flexibility index (Phi) is 3.61. The number of hydrogen-bond acceptors (Lipinski definition) is 3. The number of hydrogen-bond donors (Lipinski definition) is 2. The molecule has 1 heterocycles. The van der Waals surface area contributed by atoms with Gasteiger partial charge >= 0.3 is 0 Å². The highest BCUT2D eigenvalue weighted by Crippen LogP contribution is 2.24. The summed E-state index contributed by atoms with van der Waals surface area (Å²) in [7, 11) is 1.72. The van der Waals surface area contributed by atoms with Crippen molar-refractivity contribution < 1.29 is 4.74 Å². The van der Waals surface area contributed by atoms with Gasteiger partial charge in [-0.25, -0.2) is 0 Å². The first-order valence-electron chi connectivity index (χ1n) is 5.70. The summed E-state index contributed by atoms with van der Waals surface area (Å²) in [4.78, 5) is 0. The zero-order valence-corrected chi connectivity index (χ0v) is 9.31. The van der Waals surface area contributed by atoms with Crippen molar-refractivity contribution in [3.8, 4) is 0 Å². The molecule has 0 spiro atoms. The first kappa shape index (κ1) is 10.5. The second-order valence-corrected chi connectivity index (χ2v) is 4.01. The fraction of sp³-hybridized carbons (Fsp3) is 0.727. The largest absolute Gasteiger partial charge is 0.383 e. The van der Waals surface area contributed by atoms with Crippen molar-refractivity contribution in [1.82, 2.24) is 10.2 Å². The number of fused-ring (bicyclic) bond motifs is 1. The van der Waals surface area contributed by atoms with Gasteiger partial charge in [-0.3, -0.25) is 5.10 Å². The quantitative estimate of drug-likeness (QED) is 0.586. The van der Waals surface area contributed by atoms with Crippen LogP contribution in [-0.2, 0) is 17.6 Å². The Morgan fingerprint density at radius 3 is 3.07 bits per heavy atom. The highest BCUT2D eigenvalue weighted by atomic mass is 16.5. The molecule has 0 bridgehead atoms. The lowest BCUT2D eigenvalue weighted by Crippen LogP contribution is -2.09. The third kappa shape index (κ3) is 2.50. The van der Waals surface area contributed by atoms with Gasteiger partial charge in [0.1, 0.15) is 0 Å². The number of aromatic nitrogens is 2. The minimum Gasteiger partial charge on any atom is -0.383 e. The molecule has 2 N–H and O–H groups in total. The second kappa shape index (κ2) is 5.16. The average molecular weight is 209 g/mol. The SMILES string of the molecule is COCCNc1n[nH]c2c1CCCCC2. The van der Waals surface area contributed by atoms with Crippen LogP contribution in [0.25, 0.3) is 0 Å². The van der Waals surface area contributed by atoms with E-state index in [1.165, 1.54) is 30.5 Å². The predicted molar refractivity (Wildman–Crippen MR) is 60.2 cm³/mol. The van der Waals surface area contributed by atoms with Crippen LogP contribution >= 0.6 is 0 Å². The summed E-state index contributed by atoms with van der Waals surface area (Å²) in [6.07, 6.45) is 6.20. The van der Waals surface area contributed by atoms with Gasteiger partial charge in [0, 0.05) is 24.9 Å². The van der Waals surface area contributed by atoms with Gasteiger partial charge in [-0.05, 0) is 25.7 Å². The molecule has 4 nitrogen and oxygen atoms in total. The highest BCUT2D eigenvalue weighted by Gasteiger charge is 2.14. The van der Waals surface area contributed by atoms with Gasteiger partial charge in [0.15, 0.2) is 5.82 Å². The minimum absolute atomic E-state index is 0.724. The van der Waals surface area contributed by atoms with Crippen LogP contribution in [0.15, 0.2) is 0 Å². The average Bonchev–Trinajstić information content (AvgIpc) is 2.50. The van der Waals surface area contributed by atoms with Crippen LogP contribution < -0.4 is 5.32 Å². The van der Waals surface area contributed by atoms with Crippen molar-refractivity contribution in [2.75, 3.05) is 25.6 Å². The summed E-state index contributed by atoms with van der Waals surface area (Å²) in [6, 6.07) is 0. The predicted octanol–water partition coefficient (Wildman–Crippen LogP) is 1.74. The van der Waals surface area contributed by atoms with E-state index < -0.39 is 0 Å². The van der Waals surface area contributed by atoms with Gasteiger partial charge in [-0.1, -0.05) is 6.42 Å². The van der Waals surface area contributed by atoms with Crippen molar-refractivity contribution in [2.45, 2.75) is 32.1 Å². The van der Waals surface area contributed by atoms with Gasteiger partial charge in [-0.2, -0.15) is 5.10 Å². The van der Waals surface area contributed by atoms with Crippen molar-refractivity contribution >= 4 is 5.82 Å². The molecule has 0 radical (unpaired) electrons. The second-order valence-electron chi connectivity index (χ2n) is 4.01. The number of nitrogens with zero attached hydrogens (tertiary/aromatic N) is 1. The number of aryl methyl sites for hydroxylation is 1. The Hall–Kier alpha value is -1.03. The summed E-state index contributed by atoms with van der Waals surface area (Å²) in [5, 5.41) is 10.8. The molecular weight excluding hydrogens is 190 g/mol. The maximum atomic E-state index is 5.01. The van der Waals surface area contributed by atoms with Crippen LogP contribution in [-0.4, -0.2) is 30.5 Å². The van der Waals surface area contributed by atoms with Crippen LogP contribution in [0, 0.1) is 0 Å². The van der Waals surface area contributed by atoms with Crippen LogP contribution in [0.4, 0.5) is 5.82 Å². The number of aromatic amines is 1. The molecule has 0 saturated carbocycles. The summed E-state index contributed by atoms with van der Waals surface area (Å²) >= 11 is 0. The topological polar surface area (TPSA) is 49.9 Å². The molecule has 2 rings (SSSR count). The van der Waals surface area contributed by atoms with E-state index >= 15 is 0 Å². The molecule has 1 aliphatic carbocycles. The maximum absolute atomic E-state index is 5.01. The Bertz CT molecular complexity index is 309. The fourth-order valence-corrected chi connectivity index (χ4v) is 2.08.